The van der Waals surface area contributed by atoms with E-state index >= 15 is 0 Å². The van der Waals surface area contributed by atoms with Gasteiger partial charge >= 0.3 is 0 Å². The summed E-state index contributed by atoms with van der Waals surface area (Å²) in [5.74, 6) is -0.113. The van der Waals surface area contributed by atoms with Crippen LogP contribution < -0.4 is 5.43 Å². The van der Waals surface area contributed by atoms with Crippen LogP contribution in [0.1, 0.15) is 43.6 Å². The van der Waals surface area contributed by atoms with E-state index in [1.54, 1.807) is 12.3 Å². The van der Waals surface area contributed by atoms with Gasteiger partial charge in [-0.3, -0.25) is 15.3 Å². The number of hydrogen-bond donors (Lipinski definition) is 2. The van der Waals surface area contributed by atoms with Gasteiger partial charge in [-0.2, -0.15) is 5.10 Å². The lowest BCUT2D eigenvalue weighted by molar-refractivity contribution is 0.0366. The van der Waals surface area contributed by atoms with Gasteiger partial charge in [0.05, 0.1) is 0 Å². The largest absolute Gasteiger partial charge is 0.283 e. The first-order chi connectivity index (χ1) is 7.68. The highest BCUT2D eigenvalue weighted by molar-refractivity contribution is 5.91. The molecule has 1 amide bonds. The van der Waals surface area contributed by atoms with Crippen LogP contribution in [-0.4, -0.2) is 33.2 Å². The second-order valence-corrected chi connectivity index (χ2v) is 4.45. The third kappa shape index (κ3) is 2.24. The summed E-state index contributed by atoms with van der Waals surface area (Å²) >= 11 is 0. The molecule has 0 aliphatic carbocycles. The molecule has 2 heterocycles. The van der Waals surface area contributed by atoms with Gasteiger partial charge in [0.25, 0.3) is 5.91 Å². The van der Waals surface area contributed by atoms with E-state index < -0.39 is 0 Å². The van der Waals surface area contributed by atoms with E-state index in [4.69, 9.17) is 0 Å². The van der Waals surface area contributed by atoms with Crippen LogP contribution in [-0.2, 0) is 0 Å². The Bertz CT molecular complexity index is 339. The van der Waals surface area contributed by atoms with E-state index in [-0.39, 0.29) is 5.91 Å². The van der Waals surface area contributed by atoms with Crippen LogP contribution in [0.25, 0.3) is 0 Å². The monoisotopic (exact) mass is 222 g/mol. The number of H-pyrrole nitrogens is 1. The molecule has 2 unspecified atom stereocenters. The summed E-state index contributed by atoms with van der Waals surface area (Å²) in [4.78, 5) is 11.8. The molecular weight excluding hydrogens is 204 g/mol. The maximum absolute atomic E-state index is 11.8. The minimum atomic E-state index is -0.113. The average molecular weight is 222 g/mol. The van der Waals surface area contributed by atoms with E-state index in [2.05, 4.69) is 29.5 Å². The molecule has 2 atom stereocenters. The fourth-order valence-electron chi connectivity index (χ4n) is 2.20. The van der Waals surface area contributed by atoms with Gasteiger partial charge in [0.2, 0.25) is 0 Å². The smallest absolute Gasteiger partial charge is 0.283 e. The predicted molar refractivity (Wildman–Crippen MR) is 60.7 cm³/mol. The third-order valence-corrected chi connectivity index (χ3v) is 3.17. The number of hydrazine groups is 1. The van der Waals surface area contributed by atoms with Gasteiger partial charge in [-0.25, -0.2) is 5.01 Å². The van der Waals surface area contributed by atoms with Gasteiger partial charge in [0, 0.05) is 18.3 Å². The Balaban J connectivity index is 2.00. The lowest BCUT2D eigenvalue weighted by atomic mass is 10.00. The highest BCUT2D eigenvalue weighted by Gasteiger charge is 2.26. The van der Waals surface area contributed by atoms with E-state index in [0.29, 0.717) is 17.8 Å². The summed E-state index contributed by atoms with van der Waals surface area (Å²) in [5, 5.41) is 8.49. The summed E-state index contributed by atoms with van der Waals surface area (Å²) in [5.41, 5.74) is 3.45. The number of rotatable bonds is 2. The van der Waals surface area contributed by atoms with Crippen molar-refractivity contribution in [2.45, 2.75) is 45.2 Å². The van der Waals surface area contributed by atoms with Crippen LogP contribution in [0, 0.1) is 0 Å². The van der Waals surface area contributed by atoms with Gasteiger partial charge in [-0.1, -0.05) is 6.42 Å². The zero-order chi connectivity index (χ0) is 11.5. The number of aromatic nitrogens is 2. The molecule has 5 nitrogen and oxygen atoms in total. The van der Waals surface area contributed by atoms with Crippen molar-refractivity contribution in [2.24, 2.45) is 0 Å². The normalized spacial score (nSPS) is 26.6. The molecule has 1 aliphatic heterocycles. The number of carbonyl (C=O) groups excluding carboxylic acids is 1. The summed E-state index contributed by atoms with van der Waals surface area (Å²) in [6.07, 6.45) is 5.08. The van der Waals surface area contributed by atoms with Crippen molar-refractivity contribution in [3.8, 4) is 0 Å². The maximum Gasteiger partial charge on any atom is 0.283 e. The Morgan fingerprint density at radius 2 is 2.19 bits per heavy atom. The Hall–Kier alpha value is -1.36. The fraction of sp³-hybridized carbons (Fsp3) is 0.636. The highest BCUT2D eigenvalue weighted by atomic mass is 16.2. The average Bonchev–Trinajstić information content (AvgIpc) is 2.76. The van der Waals surface area contributed by atoms with Gasteiger partial charge in [-0.05, 0) is 32.8 Å². The van der Waals surface area contributed by atoms with Gasteiger partial charge in [0.15, 0.2) is 0 Å². The van der Waals surface area contributed by atoms with Crippen LogP contribution in [0.15, 0.2) is 12.3 Å². The zero-order valence-corrected chi connectivity index (χ0v) is 9.73. The van der Waals surface area contributed by atoms with E-state index in [1.165, 1.54) is 6.42 Å². The summed E-state index contributed by atoms with van der Waals surface area (Å²) in [7, 11) is 0. The van der Waals surface area contributed by atoms with Crippen LogP contribution in [0.4, 0.5) is 0 Å². The molecular formula is C11H18N4O. The molecule has 1 fully saturated rings. The van der Waals surface area contributed by atoms with Crippen molar-refractivity contribution >= 4 is 5.91 Å². The van der Waals surface area contributed by atoms with Gasteiger partial charge in [-0.15, -0.1) is 0 Å². The van der Waals surface area contributed by atoms with E-state index in [9.17, 15) is 4.79 Å². The van der Waals surface area contributed by atoms with Crippen LogP contribution in [0.5, 0.6) is 0 Å². The number of amides is 1. The predicted octanol–water partition coefficient (Wildman–Crippen LogP) is 1.32. The maximum atomic E-state index is 11.8. The quantitative estimate of drug-likeness (QED) is 0.793. The summed E-state index contributed by atoms with van der Waals surface area (Å²) in [6, 6.07) is 2.47. The molecule has 0 bridgehead atoms. The molecule has 1 aromatic heterocycles. The first-order valence-corrected chi connectivity index (χ1v) is 5.77. The SMILES string of the molecule is CC1CCCC(C)N1NC(=O)c1ccn[nH]1. The molecule has 0 saturated carbocycles. The molecule has 0 radical (unpaired) electrons. The van der Waals surface area contributed by atoms with Crippen LogP contribution in [0.2, 0.25) is 0 Å². The number of carbonyl (C=O) groups is 1. The van der Waals surface area contributed by atoms with Crippen molar-refractivity contribution < 1.29 is 4.79 Å². The van der Waals surface area contributed by atoms with E-state index in [1.807, 2.05) is 5.01 Å². The molecule has 2 N–H and O–H groups in total. The Labute approximate surface area is 95.2 Å². The molecule has 16 heavy (non-hydrogen) atoms. The van der Waals surface area contributed by atoms with Crippen molar-refractivity contribution in [2.75, 3.05) is 0 Å². The topological polar surface area (TPSA) is 61.0 Å². The van der Waals surface area contributed by atoms with Crippen LogP contribution >= 0.6 is 0 Å². The highest BCUT2D eigenvalue weighted by Crippen LogP contribution is 2.20. The van der Waals surface area contributed by atoms with Crippen molar-refractivity contribution in [1.29, 1.82) is 0 Å². The van der Waals surface area contributed by atoms with Crippen molar-refractivity contribution in [3.63, 3.8) is 0 Å². The van der Waals surface area contributed by atoms with Gasteiger partial charge in [0.1, 0.15) is 5.69 Å². The number of hydrogen-bond acceptors (Lipinski definition) is 3. The van der Waals surface area contributed by atoms with E-state index in [0.717, 1.165) is 12.8 Å². The number of nitrogens with one attached hydrogen (secondary N) is 2. The molecule has 1 aromatic rings. The standard InChI is InChI=1S/C11H18N4O/c1-8-4-3-5-9(2)15(8)14-11(16)10-6-7-12-13-10/h6-9H,3-5H2,1-2H3,(H,12,13)(H,14,16). The minimum absolute atomic E-state index is 0.113. The number of aromatic amines is 1. The third-order valence-electron chi connectivity index (χ3n) is 3.17. The Morgan fingerprint density at radius 1 is 1.50 bits per heavy atom. The summed E-state index contributed by atoms with van der Waals surface area (Å²) in [6.45, 7) is 4.28. The van der Waals surface area contributed by atoms with Crippen molar-refractivity contribution in [3.05, 3.63) is 18.0 Å². The first kappa shape index (κ1) is 11.1. The summed E-state index contributed by atoms with van der Waals surface area (Å²) < 4.78 is 0. The zero-order valence-electron chi connectivity index (χ0n) is 9.73. The molecule has 0 spiro atoms. The van der Waals surface area contributed by atoms with Crippen molar-refractivity contribution in [1.82, 2.24) is 20.6 Å². The Morgan fingerprint density at radius 3 is 2.75 bits per heavy atom. The lowest BCUT2D eigenvalue weighted by Crippen LogP contribution is -2.54. The molecule has 5 heteroatoms. The molecule has 2 rings (SSSR count). The molecule has 88 valence electrons. The minimum Gasteiger partial charge on any atom is -0.283 e. The van der Waals surface area contributed by atoms with Gasteiger partial charge < -0.3 is 0 Å². The second-order valence-electron chi connectivity index (χ2n) is 4.45. The lowest BCUT2D eigenvalue weighted by Gasteiger charge is -2.38. The molecule has 0 aromatic carbocycles. The fourth-order valence-corrected chi connectivity index (χ4v) is 2.20. The first-order valence-electron chi connectivity index (χ1n) is 5.77. The molecule has 1 saturated heterocycles. The molecule has 1 aliphatic rings. The second kappa shape index (κ2) is 4.65. The number of nitrogens with zero attached hydrogens (tertiary/aromatic N) is 2. The van der Waals surface area contributed by atoms with Crippen LogP contribution in [0.3, 0.4) is 0 Å². The number of piperidine rings is 1. The Kier molecular flexibility index (Phi) is 3.24.